The van der Waals surface area contributed by atoms with E-state index in [0.29, 0.717) is 11.9 Å². The van der Waals surface area contributed by atoms with E-state index in [9.17, 15) is 0 Å². The third-order valence-electron chi connectivity index (χ3n) is 3.44. The molecular weight excluding hydrogens is 300 g/mol. The Morgan fingerprint density at radius 2 is 2.29 bits per heavy atom. The summed E-state index contributed by atoms with van der Waals surface area (Å²) in [6.45, 7) is 2.29. The number of aromatic nitrogens is 2. The number of rotatable bonds is 3. The highest BCUT2D eigenvalue weighted by atomic mass is 79.9. The quantitative estimate of drug-likeness (QED) is 0.778. The maximum Gasteiger partial charge on any atom is 0.111 e. The lowest BCUT2D eigenvalue weighted by molar-refractivity contribution is 0.665. The van der Waals surface area contributed by atoms with E-state index in [4.69, 9.17) is 16.6 Å². The van der Waals surface area contributed by atoms with E-state index in [0.717, 1.165) is 28.2 Å². The summed E-state index contributed by atoms with van der Waals surface area (Å²) in [5.74, 6) is 2.53. The fourth-order valence-electron chi connectivity index (χ4n) is 2.41. The lowest BCUT2D eigenvalue weighted by Gasteiger charge is -2.07. The van der Waals surface area contributed by atoms with Crippen LogP contribution in [0.5, 0.6) is 0 Å². The van der Waals surface area contributed by atoms with Crippen molar-refractivity contribution in [3.8, 4) is 0 Å². The van der Waals surface area contributed by atoms with Gasteiger partial charge in [0.2, 0.25) is 0 Å². The average molecular weight is 314 g/mol. The lowest BCUT2D eigenvalue weighted by Crippen LogP contribution is -2.03. The minimum Gasteiger partial charge on any atom is -0.325 e. The van der Waals surface area contributed by atoms with Crippen molar-refractivity contribution in [2.45, 2.75) is 25.8 Å². The summed E-state index contributed by atoms with van der Waals surface area (Å²) in [5.41, 5.74) is 2.31. The molecular formula is C13H14BrClN2. The molecule has 0 amide bonds. The number of alkyl halides is 1. The predicted octanol–water partition coefficient (Wildman–Crippen LogP) is 4.16. The zero-order chi connectivity index (χ0) is 12.0. The second-order valence-corrected chi connectivity index (χ2v) is 6.04. The third kappa shape index (κ3) is 2.00. The number of hydrogen-bond acceptors (Lipinski definition) is 1. The number of halogens is 2. The van der Waals surface area contributed by atoms with Gasteiger partial charge in [-0.05, 0) is 30.5 Å². The normalized spacial score (nSPS) is 23.2. The lowest BCUT2D eigenvalue weighted by atomic mass is 10.3. The van der Waals surface area contributed by atoms with Crippen molar-refractivity contribution in [1.29, 1.82) is 0 Å². The zero-order valence-corrected chi connectivity index (χ0v) is 12.0. The van der Waals surface area contributed by atoms with Crippen LogP contribution in [0, 0.1) is 5.92 Å². The molecule has 1 aromatic carbocycles. The van der Waals surface area contributed by atoms with E-state index in [1.165, 1.54) is 11.9 Å². The molecule has 1 aliphatic rings. The largest absolute Gasteiger partial charge is 0.325 e. The highest BCUT2D eigenvalue weighted by molar-refractivity contribution is 9.10. The molecule has 0 aliphatic heterocycles. The van der Waals surface area contributed by atoms with E-state index < -0.39 is 0 Å². The van der Waals surface area contributed by atoms with Gasteiger partial charge in [-0.2, -0.15) is 0 Å². The second kappa shape index (κ2) is 4.29. The first-order valence-electron chi connectivity index (χ1n) is 5.93. The van der Waals surface area contributed by atoms with Crippen molar-refractivity contribution in [2.24, 2.45) is 5.92 Å². The van der Waals surface area contributed by atoms with Gasteiger partial charge in [-0.15, -0.1) is 11.6 Å². The molecule has 0 bridgehead atoms. The van der Waals surface area contributed by atoms with Crippen molar-refractivity contribution < 1.29 is 0 Å². The summed E-state index contributed by atoms with van der Waals surface area (Å²) in [4.78, 5) is 4.71. The van der Waals surface area contributed by atoms with Gasteiger partial charge in [0.05, 0.1) is 11.0 Å². The van der Waals surface area contributed by atoms with E-state index in [1.54, 1.807) is 0 Å². The minimum atomic E-state index is 0.624. The molecule has 3 rings (SSSR count). The maximum absolute atomic E-state index is 5.87. The second-order valence-electron chi connectivity index (χ2n) is 4.75. The van der Waals surface area contributed by atoms with Crippen LogP contribution in [0.3, 0.4) is 0 Å². The van der Waals surface area contributed by atoms with E-state index in [1.807, 2.05) is 0 Å². The van der Waals surface area contributed by atoms with Crippen LogP contribution in [0.25, 0.3) is 11.0 Å². The van der Waals surface area contributed by atoms with E-state index >= 15 is 0 Å². The molecule has 2 nitrogen and oxygen atoms in total. The first-order chi connectivity index (χ1) is 8.20. The first-order valence-corrected chi connectivity index (χ1v) is 7.26. The van der Waals surface area contributed by atoms with Gasteiger partial charge in [0.15, 0.2) is 0 Å². The molecule has 0 saturated heterocycles. The van der Waals surface area contributed by atoms with Crippen molar-refractivity contribution >= 4 is 38.6 Å². The van der Waals surface area contributed by atoms with Gasteiger partial charge < -0.3 is 4.57 Å². The Bertz CT molecular complexity index is 564. The Morgan fingerprint density at radius 3 is 2.94 bits per heavy atom. The average Bonchev–Trinajstić information content (AvgIpc) is 2.88. The molecule has 1 aliphatic carbocycles. The van der Waals surface area contributed by atoms with Gasteiger partial charge >= 0.3 is 0 Å². The summed E-state index contributed by atoms with van der Waals surface area (Å²) in [7, 11) is 0. The number of aryl methyl sites for hydroxylation is 1. The first kappa shape index (κ1) is 11.5. The van der Waals surface area contributed by atoms with Crippen LogP contribution in [-0.4, -0.2) is 15.4 Å². The fraction of sp³-hybridized carbons (Fsp3) is 0.462. The molecule has 1 heterocycles. The van der Waals surface area contributed by atoms with Crippen LogP contribution >= 0.6 is 27.5 Å². The molecule has 0 radical (unpaired) electrons. The standard InChI is InChI=1S/C13H14BrClN2/c1-8-6-12(8)17-11-3-2-9(14)7-10(11)16-13(17)4-5-15/h2-3,7-8,12H,4-6H2,1H3. The Kier molecular flexibility index (Phi) is 2.91. The van der Waals surface area contributed by atoms with Crippen LogP contribution in [0.1, 0.15) is 25.2 Å². The Labute approximate surface area is 114 Å². The van der Waals surface area contributed by atoms with Gasteiger partial charge in [0, 0.05) is 22.8 Å². The number of imidazole rings is 1. The monoisotopic (exact) mass is 312 g/mol. The summed E-state index contributed by atoms with van der Waals surface area (Å²) >= 11 is 9.36. The van der Waals surface area contributed by atoms with Crippen LogP contribution in [0.2, 0.25) is 0 Å². The molecule has 90 valence electrons. The summed E-state index contributed by atoms with van der Waals surface area (Å²) in [6, 6.07) is 6.93. The molecule has 1 saturated carbocycles. The Balaban J connectivity index is 2.17. The van der Waals surface area contributed by atoms with E-state index in [-0.39, 0.29) is 0 Å². The number of hydrogen-bond donors (Lipinski definition) is 0. The highest BCUT2D eigenvalue weighted by Crippen LogP contribution is 2.45. The van der Waals surface area contributed by atoms with Crippen molar-refractivity contribution in [1.82, 2.24) is 9.55 Å². The van der Waals surface area contributed by atoms with Crippen LogP contribution in [-0.2, 0) is 6.42 Å². The van der Waals surface area contributed by atoms with Crippen molar-refractivity contribution in [2.75, 3.05) is 5.88 Å². The van der Waals surface area contributed by atoms with Crippen LogP contribution in [0.4, 0.5) is 0 Å². The smallest absolute Gasteiger partial charge is 0.111 e. The maximum atomic E-state index is 5.87. The molecule has 0 N–H and O–H groups in total. The third-order valence-corrected chi connectivity index (χ3v) is 4.12. The Morgan fingerprint density at radius 1 is 1.53 bits per heavy atom. The van der Waals surface area contributed by atoms with Crippen LogP contribution < -0.4 is 0 Å². The molecule has 0 spiro atoms. The molecule has 2 unspecified atom stereocenters. The molecule has 1 aromatic heterocycles. The fourth-order valence-corrected chi connectivity index (χ4v) is 2.93. The molecule has 1 fully saturated rings. The summed E-state index contributed by atoms with van der Waals surface area (Å²) < 4.78 is 3.46. The molecule has 2 atom stereocenters. The molecule has 17 heavy (non-hydrogen) atoms. The number of benzene rings is 1. The van der Waals surface area contributed by atoms with E-state index in [2.05, 4.69) is 45.6 Å². The molecule has 2 aromatic rings. The predicted molar refractivity (Wildman–Crippen MR) is 74.7 cm³/mol. The van der Waals surface area contributed by atoms with Gasteiger partial charge in [0.1, 0.15) is 5.82 Å². The van der Waals surface area contributed by atoms with Crippen molar-refractivity contribution in [3.05, 3.63) is 28.5 Å². The summed E-state index contributed by atoms with van der Waals surface area (Å²) in [6.07, 6.45) is 2.11. The van der Waals surface area contributed by atoms with Gasteiger partial charge in [-0.25, -0.2) is 4.98 Å². The minimum absolute atomic E-state index is 0.624. The number of fused-ring (bicyclic) bond motifs is 1. The zero-order valence-electron chi connectivity index (χ0n) is 9.66. The SMILES string of the molecule is CC1CC1n1c(CCCl)nc2cc(Br)ccc21. The summed E-state index contributed by atoms with van der Waals surface area (Å²) in [5, 5.41) is 0. The van der Waals surface area contributed by atoms with Crippen molar-refractivity contribution in [3.63, 3.8) is 0 Å². The van der Waals surface area contributed by atoms with Gasteiger partial charge in [-0.3, -0.25) is 0 Å². The highest BCUT2D eigenvalue weighted by Gasteiger charge is 2.36. The Hall–Kier alpha value is -0.540. The van der Waals surface area contributed by atoms with Gasteiger partial charge in [0.25, 0.3) is 0 Å². The van der Waals surface area contributed by atoms with Gasteiger partial charge in [-0.1, -0.05) is 22.9 Å². The topological polar surface area (TPSA) is 17.8 Å². The molecule has 4 heteroatoms. The number of nitrogens with zero attached hydrogens (tertiary/aromatic N) is 2. The van der Waals surface area contributed by atoms with Crippen LogP contribution in [0.15, 0.2) is 22.7 Å².